The first-order valence-electron chi connectivity index (χ1n) is 11.4. The molecule has 4 aromatic carbocycles. The Morgan fingerprint density at radius 2 is 1.29 bits per heavy atom. The van der Waals surface area contributed by atoms with E-state index in [9.17, 15) is 9.59 Å². The van der Waals surface area contributed by atoms with E-state index in [-0.39, 0.29) is 12.3 Å². The standard InChI is InChI=1S/C30H24N2O3/c1-31-27(23-14-7-3-8-15-23)28(24-16-9-4-10-17-24)32(30(31)34)26-19-11-18-25(20-26)29(33)35-21-22-12-5-2-6-13-22/h2-20H,21H2,1H3. The molecule has 5 heteroatoms. The highest BCUT2D eigenvalue weighted by atomic mass is 16.5. The monoisotopic (exact) mass is 460 g/mol. The van der Waals surface area contributed by atoms with Crippen LogP contribution in [-0.4, -0.2) is 15.1 Å². The number of hydrogen-bond donors (Lipinski definition) is 0. The van der Waals surface area contributed by atoms with Gasteiger partial charge < -0.3 is 4.74 Å². The molecule has 0 aliphatic heterocycles. The molecule has 0 bridgehead atoms. The van der Waals surface area contributed by atoms with Crippen LogP contribution in [0.3, 0.4) is 0 Å². The van der Waals surface area contributed by atoms with E-state index in [1.54, 1.807) is 34.4 Å². The third-order valence-corrected chi connectivity index (χ3v) is 5.91. The minimum Gasteiger partial charge on any atom is -0.457 e. The molecule has 0 atom stereocenters. The van der Waals surface area contributed by atoms with Crippen molar-refractivity contribution in [2.24, 2.45) is 7.05 Å². The molecule has 0 saturated carbocycles. The van der Waals surface area contributed by atoms with Crippen molar-refractivity contribution in [3.05, 3.63) is 137 Å². The van der Waals surface area contributed by atoms with E-state index in [4.69, 9.17) is 4.74 Å². The summed E-state index contributed by atoms with van der Waals surface area (Å²) in [4.78, 5) is 26.4. The summed E-state index contributed by atoms with van der Waals surface area (Å²) in [6.45, 7) is 0.183. The van der Waals surface area contributed by atoms with Crippen molar-refractivity contribution in [2.75, 3.05) is 0 Å². The zero-order valence-electron chi connectivity index (χ0n) is 19.3. The van der Waals surface area contributed by atoms with Gasteiger partial charge in [-0.05, 0) is 23.8 Å². The molecule has 172 valence electrons. The summed E-state index contributed by atoms with van der Waals surface area (Å²) in [5.41, 5.74) is 5.10. The molecule has 0 saturated heterocycles. The van der Waals surface area contributed by atoms with Gasteiger partial charge in [0.1, 0.15) is 6.61 Å². The fourth-order valence-corrected chi connectivity index (χ4v) is 4.21. The molecule has 5 rings (SSSR count). The number of imidazole rings is 1. The molecule has 1 aromatic heterocycles. The van der Waals surface area contributed by atoms with Crippen molar-refractivity contribution in [3.8, 4) is 28.2 Å². The highest BCUT2D eigenvalue weighted by molar-refractivity contribution is 5.90. The van der Waals surface area contributed by atoms with E-state index in [2.05, 4.69) is 0 Å². The van der Waals surface area contributed by atoms with Gasteiger partial charge in [-0.2, -0.15) is 0 Å². The lowest BCUT2D eigenvalue weighted by Crippen LogP contribution is -2.22. The van der Waals surface area contributed by atoms with Gasteiger partial charge in [-0.1, -0.05) is 97.1 Å². The zero-order chi connectivity index (χ0) is 24.2. The van der Waals surface area contributed by atoms with Crippen LogP contribution >= 0.6 is 0 Å². The van der Waals surface area contributed by atoms with Crippen LogP contribution in [0.15, 0.2) is 120 Å². The van der Waals surface area contributed by atoms with Gasteiger partial charge >= 0.3 is 11.7 Å². The Morgan fingerprint density at radius 3 is 1.91 bits per heavy atom. The first-order chi connectivity index (χ1) is 17.1. The Hall–Kier alpha value is -4.64. The van der Waals surface area contributed by atoms with Crippen LogP contribution in [0.1, 0.15) is 15.9 Å². The van der Waals surface area contributed by atoms with Crippen molar-refractivity contribution in [2.45, 2.75) is 6.61 Å². The third-order valence-electron chi connectivity index (χ3n) is 5.91. The van der Waals surface area contributed by atoms with Gasteiger partial charge in [0.05, 0.1) is 22.6 Å². The molecule has 0 amide bonds. The van der Waals surface area contributed by atoms with Crippen molar-refractivity contribution in [1.82, 2.24) is 9.13 Å². The molecule has 0 radical (unpaired) electrons. The molecule has 0 aliphatic rings. The maximum absolute atomic E-state index is 13.6. The van der Waals surface area contributed by atoms with Crippen LogP contribution in [0.5, 0.6) is 0 Å². The summed E-state index contributed by atoms with van der Waals surface area (Å²) in [7, 11) is 1.77. The maximum Gasteiger partial charge on any atom is 0.338 e. The minimum atomic E-state index is -0.441. The first kappa shape index (κ1) is 22.2. The average Bonchev–Trinajstić information content (AvgIpc) is 3.19. The summed E-state index contributed by atoms with van der Waals surface area (Å²) < 4.78 is 8.83. The largest absolute Gasteiger partial charge is 0.457 e. The van der Waals surface area contributed by atoms with Gasteiger partial charge in [0.25, 0.3) is 0 Å². The van der Waals surface area contributed by atoms with Gasteiger partial charge in [-0.15, -0.1) is 0 Å². The van der Waals surface area contributed by atoms with E-state index >= 15 is 0 Å². The van der Waals surface area contributed by atoms with Crippen molar-refractivity contribution >= 4 is 5.97 Å². The molecular weight excluding hydrogens is 436 g/mol. The SMILES string of the molecule is Cn1c(-c2ccccc2)c(-c2ccccc2)n(-c2cccc(C(=O)OCc3ccccc3)c2)c1=O. The second-order valence-electron chi connectivity index (χ2n) is 8.22. The fraction of sp³-hybridized carbons (Fsp3) is 0.0667. The van der Waals surface area contributed by atoms with Crippen LogP contribution in [0.4, 0.5) is 0 Å². The number of carbonyl (C=O) groups is 1. The van der Waals surface area contributed by atoms with Crippen molar-refractivity contribution in [3.63, 3.8) is 0 Å². The second-order valence-corrected chi connectivity index (χ2v) is 8.22. The lowest BCUT2D eigenvalue weighted by molar-refractivity contribution is 0.0472. The molecule has 35 heavy (non-hydrogen) atoms. The van der Waals surface area contributed by atoms with Gasteiger partial charge in [-0.3, -0.25) is 9.13 Å². The lowest BCUT2D eigenvalue weighted by atomic mass is 10.0. The highest BCUT2D eigenvalue weighted by Crippen LogP contribution is 2.33. The molecular formula is C30H24N2O3. The second kappa shape index (κ2) is 9.69. The number of esters is 1. The Labute approximate surface area is 203 Å². The Bertz CT molecular complexity index is 1520. The molecule has 5 nitrogen and oxygen atoms in total. The zero-order valence-corrected chi connectivity index (χ0v) is 19.3. The number of rotatable bonds is 6. The van der Waals surface area contributed by atoms with Crippen molar-refractivity contribution in [1.29, 1.82) is 0 Å². The van der Waals surface area contributed by atoms with Crippen LogP contribution < -0.4 is 5.69 Å². The smallest absolute Gasteiger partial charge is 0.338 e. The molecule has 1 heterocycles. The van der Waals surface area contributed by atoms with Gasteiger partial charge in [0.15, 0.2) is 0 Å². The summed E-state index contributed by atoms with van der Waals surface area (Å²) in [5, 5.41) is 0. The van der Waals surface area contributed by atoms with E-state index < -0.39 is 5.97 Å². The lowest BCUT2D eigenvalue weighted by Gasteiger charge is -2.12. The van der Waals surface area contributed by atoms with Crippen LogP contribution in [0.2, 0.25) is 0 Å². The summed E-state index contributed by atoms with van der Waals surface area (Å²) in [6, 6.07) is 36.2. The van der Waals surface area contributed by atoms with Gasteiger partial charge in [-0.25, -0.2) is 9.59 Å². The molecule has 0 spiro atoms. The number of nitrogens with zero attached hydrogens (tertiary/aromatic N) is 2. The normalized spacial score (nSPS) is 10.8. The number of benzene rings is 4. The predicted octanol–water partition coefficient (Wildman–Crippen LogP) is 5.87. The Kier molecular flexibility index (Phi) is 6.14. The summed E-state index contributed by atoms with van der Waals surface area (Å²) in [5.74, 6) is -0.441. The first-order valence-corrected chi connectivity index (χ1v) is 11.4. The molecule has 0 unspecified atom stereocenters. The fourth-order valence-electron chi connectivity index (χ4n) is 4.21. The Balaban J connectivity index is 1.60. The predicted molar refractivity (Wildman–Crippen MR) is 137 cm³/mol. The Morgan fingerprint density at radius 1 is 0.714 bits per heavy atom. The molecule has 0 aliphatic carbocycles. The minimum absolute atomic E-state index is 0.183. The molecule has 0 N–H and O–H groups in total. The van der Waals surface area contributed by atoms with E-state index in [1.165, 1.54) is 0 Å². The van der Waals surface area contributed by atoms with Gasteiger partial charge in [0.2, 0.25) is 0 Å². The average molecular weight is 461 g/mol. The van der Waals surface area contributed by atoms with Crippen LogP contribution in [0, 0.1) is 0 Å². The number of aromatic nitrogens is 2. The van der Waals surface area contributed by atoms with Crippen LogP contribution in [0.25, 0.3) is 28.2 Å². The quantitative estimate of drug-likeness (QED) is 0.298. The number of ether oxygens (including phenoxy) is 1. The van der Waals surface area contributed by atoms with E-state index in [0.717, 1.165) is 28.1 Å². The summed E-state index contributed by atoms with van der Waals surface area (Å²) >= 11 is 0. The van der Waals surface area contributed by atoms with E-state index in [0.29, 0.717) is 11.3 Å². The number of carbonyl (C=O) groups excluding carboxylic acids is 1. The van der Waals surface area contributed by atoms with Gasteiger partial charge in [0, 0.05) is 18.2 Å². The topological polar surface area (TPSA) is 53.2 Å². The van der Waals surface area contributed by atoms with E-state index in [1.807, 2.05) is 97.1 Å². The third kappa shape index (κ3) is 4.44. The molecule has 5 aromatic rings. The summed E-state index contributed by atoms with van der Waals surface area (Å²) in [6.07, 6.45) is 0. The van der Waals surface area contributed by atoms with Crippen LogP contribution in [-0.2, 0) is 18.4 Å². The maximum atomic E-state index is 13.6. The highest BCUT2D eigenvalue weighted by Gasteiger charge is 2.22. The van der Waals surface area contributed by atoms with Crippen molar-refractivity contribution < 1.29 is 9.53 Å². The molecule has 0 fully saturated rings. The number of hydrogen-bond acceptors (Lipinski definition) is 3.